The minimum atomic E-state index is -0.359. The Balaban J connectivity index is 2.45. The van der Waals surface area contributed by atoms with Gasteiger partial charge in [-0.25, -0.2) is 0 Å². The Labute approximate surface area is 60.3 Å². The smallest absolute Gasteiger partial charge is 0.147 e. The van der Waals surface area contributed by atoms with Gasteiger partial charge in [-0.05, 0) is 13.8 Å². The summed E-state index contributed by atoms with van der Waals surface area (Å²) < 4.78 is 22.4. The molecule has 0 spiro atoms. The van der Waals surface area contributed by atoms with E-state index >= 15 is 0 Å². The van der Waals surface area contributed by atoms with Crippen LogP contribution in [0.4, 0.5) is 4.39 Å². The zero-order valence-corrected chi connectivity index (χ0v) is 6.34. The predicted molar refractivity (Wildman–Crippen MR) is 35.4 cm³/mol. The average Bonchev–Trinajstić information content (AvgIpc) is 1.88. The highest BCUT2D eigenvalue weighted by Crippen LogP contribution is 2.20. The van der Waals surface area contributed by atoms with Crippen LogP contribution in [0.15, 0.2) is 0 Å². The Morgan fingerprint density at radius 2 is 1.80 bits per heavy atom. The van der Waals surface area contributed by atoms with Gasteiger partial charge in [-0.1, -0.05) is 0 Å². The van der Waals surface area contributed by atoms with Gasteiger partial charge in [0, 0.05) is 5.92 Å². The maximum Gasteiger partial charge on any atom is 0.147 e. The van der Waals surface area contributed by atoms with Gasteiger partial charge in [-0.15, -0.1) is 0 Å². The summed E-state index contributed by atoms with van der Waals surface area (Å²) in [7, 11) is 0. The molecule has 0 saturated carbocycles. The van der Waals surface area contributed by atoms with E-state index in [1.165, 1.54) is 0 Å². The Bertz CT molecular complexity index is 97.8. The van der Waals surface area contributed by atoms with Crippen molar-refractivity contribution in [2.75, 3.05) is 13.5 Å². The zero-order chi connectivity index (χ0) is 7.56. The molecule has 10 heavy (non-hydrogen) atoms. The number of halogens is 1. The molecule has 1 heterocycles. The number of alkyl halides is 1. The van der Waals surface area contributed by atoms with Crippen LogP contribution in [0.3, 0.4) is 0 Å². The molecule has 2 atom stereocenters. The van der Waals surface area contributed by atoms with Crippen LogP contribution < -0.4 is 0 Å². The largest absolute Gasteiger partial charge is 0.352 e. The van der Waals surface area contributed by atoms with Crippen LogP contribution in [-0.2, 0) is 9.47 Å². The highest BCUT2D eigenvalue weighted by molar-refractivity contribution is 4.73. The average molecular weight is 148 g/mol. The minimum Gasteiger partial charge on any atom is -0.352 e. The third-order valence-electron chi connectivity index (χ3n) is 2.05. The lowest BCUT2D eigenvalue weighted by Gasteiger charge is -2.32. The lowest BCUT2D eigenvalue weighted by Crippen LogP contribution is -2.39. The van der Waals surface area contributed by atoms with Crippen molar-refractivity contribution in [3.05, 3.63) is 0 Å². The maximum absolute atomic E-state index is 12.2. The Morgan fingerprint density at radius 3 is 2.10 bits per heavy atom. The van der Waals surface area contributed by atoms with Crippen LogP contribution in [0.25, 0.3) is 0 Å². The van der Waals surface area contributed by atoms with Gasteiger partial charge in [0.05, 0.1) is 18.9 Å². The Kier molecular flexibility index (Phi) is 2.63. The van der Waals surface area contributed by atoms with Gasteiger partial charge in [0.2, 0.25) is 0 Å². The quantitative estimate of drug-likeness (QED) is 0.559. The standard InChI is InChI=1S/C7H13FO2/c1-5-7(3-8)6(2)10-4-9-5/h5-7H,3-4H2,1-2H3. The molecule has 0 aromatic rings. The molecule has 0 aliphatic carbocycles. The molecule has 0 radical (unpaired) electrons. The molecular weight excluding hydrogens is 135 g/mol. The Hall–Kier alpha value is -0.150. The highest BCUT2D eigenvalue weighted by Gasteiger charge is 2.28. The van der Waals surface area contributed by atoms with Gasteiger partial charge >= 0.3 is 0 Å². The van der Waals surface area contributed by atoms with Gasteiger partial charge < -0.3 is 9.47 Å². The molecule has 1 aliphatic heterocycles. The van der Waals surface area contributed by atoms with Crippen molar-refractivity contribution in [2.45, 2.75) is 26.1 Å². The first-order valence-electron chi connectivity index (χ1n) is 3.55. The van der Waals surface area contributed by atoms with Crippen LogP contribution in [0.2, 0.25) is 0 Å². The second-order valence-corrected chi connectivity index (χ2v) is 2.68. The predicted octanol–water partition coefficient (Wildman–Crippen LogP) is 1.35. The first kappa shape index (κ1) is 7.95. The number of hydrogen-bond acceptors (Lipinski definition) is 2. The fourth-order valence-electron chi connectivity index (χ4n) is 1.13. The van der Waals surface area contributed by atoms with Crippen molar-refractivity contribution in [3.8, 4) is 0 Å². The number of hydrogen-bond donors (Lipinski definition) is 0. The first-order chi connectivity index (χ1) is 4.75. The second kappa shape index (κ2) is 3.30. The van der Waals surface area contributed by atoms with Crippen molar-refractivity contribution in [1.82, 2.24) is 0 Å². The van der Waals surface area contributed by atoms with Gasteiger partial charge in [0.25, 0.3) is 0 Å². The van der Waals surface area contributed by atoms with Crippen molar-refractivity contribution >= 4 is 0 Å². The SMILES string of the molecule is CC1OCOC(C)C1CF. The highest BCUT2D eigenvalue weighted by atomic mass is 19.1. The van der Waals surface area contributed by atoms with Gasteiger partial charge in [0.1, 0.15) is 6.79 Å². The first-order valence-corrected chi connectivity index (χ1v) is 3.55. The summed E-state index contributed by atoms with van der Waals surface area (Å²) >= 11 is 0. The molecule has 0 aromatic carbocycles. The zero-order valence-electron chi connectivity index (χ0n) is 6.34. The molecule has 0 aromatic heterocycles. The van der Waals surface area contributed by atoms with Crippen LogP contribution in [0.5, 0.6) is 0 Å². The van der Waals surface area contributed by atoms with Crippen molar-refractivity contribution < 1.29 is 13.9 Å². The number of rotatable bonds is 1. The molecule has 0 amide bonds. The molecule has 0 N–H and O–H groups in total. The van der Waals surface area contributed by atoms with Gasteiger partial charge in [-0.3, -0.25) is 4.39 Å². The van der Waals surface area contributed by atoms with E-state index in [4.69, 9.17) is 9.47 Å². The molecule has 1 rings (SSSR count). The lowest BCUT2D eigenvalue weighted by atomic mass is 9.99. The normalized spacial score (nSPS) is 41.7. The summed E-state index contributed by atoms with van der Waals surface area (Å²) in [6, 6.07) is 0. The maximum atomic E-state index is 12.2. The van der Waals surface area contributed by atoms with E-state index in [1.54, 1.807) is 0 Å². The molecule has 2 nitrogen and oxygen atoms in total. The third-order valence-corrected chi connectivity index (χ3v) is 2.05. The molecule has 1 fully saturated rings. The van der Waals surface area contributed by atoms with E-state index in [9.17, 15) is 4.39 Å². The van der Waals surface area contributed by atoms with Crippen molar-refractivity contribution in [1.29, 1.82) is 0 Å². The van der Waals surface area contributed by atoms with Crippen LogP contribution >= 0.6 is 0 Å². The number of ether oxygens (including phenoxy) is 2. The fourth-order valence-corrected chi connectivity index (χ4v) is 1.13. The molecule has 1 saturated heterocycles. The van der Waals surface area contributed by atoms with Crippen LogP contribution in [0.1, 0.15) is 13.8 Å². The van der Waals surface area contributed by atoms with Gasteiger partial charge in [-0.2, -0.15) is 0 Å². The summed E-state index contributed by atoms with van der Waals surface area (Å²) in [6.07, 6.45) is -0.0116. The minimum absolute atomic E-state index is 0.00579. The molecule has 3 heteroatoms. The summed E-state index contributed by atoms with van der Waals surface area (Å²) in [5.41, 5.74) is 0. The molecule has 1 aliphatic rings. The summed E-state index contributed by atoms with van der Waals surface area (Å²) in [6.45, 7) is 3.70. The van der Waals surface area contributed by atoms with E-state index in [2.05, 4.69) is 0 Å². The molecule has 60 valence electrons. The van der Waals surface area contributed by atoms with Gasteiger partial charge in [0.15, 0.2) is 0 Å². The molecular formula is C7H13FO2. The topological polar surface area (TPSA) is 18.5 Å². The van der Waals surface area contributed by atoms with Crippen LogP contribution in [0, 0.1) is 5.92 Å². The lowest BCUT2D eigenvalue weighted by molar-refractivity contribution is -0.199. The van der Waals surface area contributed by atoms with Crippen molar-refractivity contribution in [3.63, 3.8) is 0 Å². The Morgan fingerprint density at radius 1 is 1.30 bits per heavy atom. The summed E-state index contributed by atoms with van der Waals surface area (Å²) in [5, 5.41) is 0. The van der Waals surface area contributed by atoms with E-state index in [0.29, 0.717) is 6.79 Å². The fraction of sp³-hybridized carbons (Fsp3) is 1.00. The van der Waals surface area contributed by atoms with Crippen molar-refractivity contribution in [2.24, 2.45) is 5.92 Å². The van der Waals surface area contributed by atoms with E-state index in [1.807, 2.05) is 13.8 Å². The van der Waals surface area contributed by atoms with E-state index in [0.717, 1.165) is 0 Å². The molecule has 0 bridgehead atoms. The molecule has 2 unspecified atom stereocenters. The third kappa shape index (κ3) is 1.47. The summed E-state index contributed by atoms with van der Waals surface area (Å²) in [4.78, 5) is 0. The van der Waals surface area contributed by atoms with Crippen LogP contribution in [-0.4, -0.2) is 25.7 Å². The summed E-state index contributed by atoms with van der Waals surface area (Å²) in [5.74, 6) is -0.0891. The van der Waals surface area contributed by atoms with E-state index in [-0.39, 0.29) is 24.8 Å². The monoisotopic (exact) mass is 148 g/mol. The van der Waals surface area contributed by atoms with E-state index < -0.39 is 0 Å². The second-order valence-electron chi connectivity index (χ2n) is 2.68.